The lowest BCUT2D eigenvalue weighted by Crippen LogP contribution is -2.40. The molecular formula is C20H28F2IN5O2. The molecule has 1 saturated heterocycles. The van der Waals surface area contributed by atoms with Crippen molar-refractivity contribution in [2.75, 3.05) is 26.7 Å². The number of benzene rings is 1. The molecule has 0 spiro atoms. The minimum Gasteiger partial charge on any atom is -0.493 e. The van der Waals surface area contributed by atoms with Crippen molar-refractivity contribution in [2.24, 2.45) is 12.0 Å². The van der Waals surface area contributed by atoms with Crippen molar-refractivity contribution < 1.29 is 18.3 Å². The van der Waals surface area contributed by atoms with Gasteiger partial charge in [-0.3, -0.25) is 4.68 Å². The number of aryl methyl sites for hydroxylation is 1. The third-order valence-corrected chi connectivity index (χ3v) is 4.87. The van der Waals surface area contributed by atoms with Crippen LogP contribution in [0.15, 0.2) is 35.6 Å². The number of methoxy groups -OCH3 is 1. The normalized spacial score (nSPS) is 16.5. The Labute approximate surface area is 192 Å². The van der Waals surface area contributed by atoms with Gasteiger partial charge < -0.3 is 19.7 Å². The van der Waals surface area contributed by atoms with Crippen LogP contribution in [0, 0.1) is 0 Å². The fraction of sp³-hybridized carbons (Fsp3) is 0.500. The zero-order valence-corrected chi connectivity index (χ0v) is 19.7. The zero-order valence-electron chi connectivity index (χ0n) is 17.3. The number of aliphatic imine (C=N–C) groups is 1. The molecule has 0 bridgehead atoms. The fourth-order valence-electron chi connectivity index (χ4n) is 3.48. The number of aromatic nitrogens is 2. The van der Waals surface area contributed by atoms with Gasteiger partial charge in [0.05, 0.1) is 19.9 Å². The molecule has 1 N–H and O–H groups in total. The number of hydrogen-bond acceptors (Lipinski definition) is 4. The molecule has 2 aromatic rings. The van der Waals surface area contributed by atoms with Crippen LogP contribution in [-0.4, -0.2) is 54.0 Å². The van der Waals surface area contributed by atoms with Crippen LogP contribution in [0.25, 0.3) is 0 Å². The van der Waals surface area contributed by atoms with Crippen molar-refractivity contribution in [3.05, 3.63) is 41.7 Å². The second kappa shape index (κ2) is 11.3. The Morgan fingerprint density at radius 1 is 1.37 bits per heavy atom. The highest BCUT2D eigenvalue weighted by Crippen LogP contribution is 2.30. The average Bonchev–Trinajstić information content (AvgIpc) is 3.34. The molecule has 1 fully saturated rings. The van der Waals surface area contributed by atoms with Crippen molar-refractivity contribution in [1.29, 1.82) is 0 Å². The second-order valence-corrected chi connectivity index (χ2v) is 6.91. The smallest absolute Gasteiger partial charge is 0.387 e. The second-order valence-electron chi connectivity index (χ2n) is 6.91. The summed E-state index contributed by atoms with van der Waals surface area (Å²) in [5, 5.41) is 7.58. The molecule has 0 radical (unpaired) electrons. The Balaban J connectivity index is 0.00000320. The predicted molar refractivity (Wildman–Crippen MR) is 122 cm³/mol. The van der Waals surface area contributed by atoms with Gasteiger partial charge in [0.2, 0.25) is 0 Å². The van der Waals surface area contributed by atoms with Gasteiger partial charge in [0, 0.05) is 38.8 Å². The van der Waals surface area contributed by atoms with E-state index in [-0.39, 0.29) is 35.5 Å². The van der Waals surface area contributed by atoms with Crippen molar-refractivity contribution in [3.63, 3.8) is 0 Å². The Bertz CT molecular complexity index is 846. The van der Waals surface area contributed by atoms with Gasteiger partial charge in [-0.2, -0.15) is 13.9 Å². The Morgan fingerprint density at radius 3 is 2.80 bits per heavy atom. The van der Waals surface area contributed by atoms with Gasteiger partial charge in [0.15, 0.2) is 17.5 Å². The summed E-state index contributed by atoms with van der Waals surface area (Å²) in [6.07, 6.45) is 5.01. The van der Waals surface area contributed by atoms with Crippen LogP contribution in [0.4, 0.5) is 8.78 Å². The van der Waals surface area contributed by atoms with Crippen molar-refractivity contribution in [1.82, 2.24) is 20.0 Å². The third kappa shape index (κ3) is 6.19. The fourth-order valence-corrected chi connectivity index (χ4v) is 3.48. The number of nitrogens with zero attached hydrogens (tertiary/aromatic N) is 4. The van der Waals surface area contributed by atoms with E-state index in [2.05, 4.69) is 26.2 Å². The summed E-state index contributed by atoms with van der Waals surface area (Å²) in [6.45, 7) is 1.96. The third-order valence-electron chi connectivity index (χ3n) is 4.87. The summed E-state index contributed by atoms with van der Waals surface area (Å²) in [4.78, 5) is 6.93. The van der Waals surface area contributed by atoms with Crippen LogP contribution in [0.2, 0.25) is 0 Å². The van der Waals surface area contributed by atoms with E-state index >= 15 is 0 Å². The van der Waals surface area contributed by atoms with Crippen molar-refractivity contribution >= 4 is 29.9 Å². The highest BCUT2D eigenvalue weighted by molar-refractivity contribution is 14.0. The lowest BCUT2D eigenvalue weighted by atomic mass is 10.0. The first kappa shape index (κ1) is 24.2. The summed E-state index contributed by atoms with van der Waals surface area (Å²) >= 11 is 0. The minimum absolute atomic E-state index is 0. The molecular weight excluding hydrogens is 507 g/mol. The van der Waals surface area contributed by atoms with E-state index in [9.17, 15) is 8.78 Å². The number of guanidine groups is 1. The highest BCUT2D eigenvalue weighted by atomic mass is 127. The van der Waals surface area contributed by atoms with E-state index < -0.39 is 6.61 Å². The van der Waals surface area contributed by atoms with E-state index in [1.54, 1.807) is 18.2 Å². The molecule has 0 aliphatic carbocycles. The largest absolute Gasteiger partial charge is 0.493 e. The molecule has 1 aromatic carbocycles. The topological polar surface area (TPSA) is 63.9 Å². The van der Waals surface area contributed by atoms with E-state index in [1.165, 1.54) is 12.7 Å². The molecule has 7 nitrogen and oxygen atoms in total. The monoisotopic (exact) mass is 535 g/mol. The Hall–Kier alpha value is -2.11. The maximum absolute atomic E-state index is 12.6. The lowest BCUT2D eigenvalue weighted by Gasteiger charge is -2.21. The number of nitrogens with one attached hydrogen (secondary N) is 1. The first-order chi connectivity index (χ1) is 14.0. The van der Waals surface area contributed by atoms with Crippen LogP contribution in [0.1, 0.15) is 30.4 Å². The summed E-state index contributed by atoms with van der Waals surface area (Å²) in [6, 6.07) is 4.96. The molecule has 0 saturated carbocycles. The molecule has 1 atom stereocenters. The molecule has 3 rings (SSSR count). The van der Waals surface area contributed by atoms with Gasteiger partial charge >= 0.3 is 6.61 Å². The molecule has 166 valence electrons. The molecule has 1 aromatic heterocycles. The maximum Gasteiger partial charge on any atom is 0.387 e. The molecule has 2 heterocycles. The van der Waals surface area contributed by atoms with Crippen molar-refractivity contribution in [3.8, 4) is 11.5 Å². The number of ether oxygens (including phenoxy) is 2. The Kier molecular flexibility index (Phi) is 9.12. The first-order valence-corrected chi connectivity index (χ1v) is 9.63. The van der Waals surface area contributed by atoms with Gasteiger partial charge in [-0.1, -0.05) is 6.07 Å². The molecule has 0 amide bonds. The van der Waals surface area contributed by atoms with Gasteiger partial charge in [-0.25, -0.2) is 4.99 Å². The lowest BCUT2D eigenvalue weighted by molar-refractivity contribution is -0.0512. The number of halogens is 3. The van der Waals surface area contributed by atoms with Crippen LogP contribution in [0.3, 0.4) is 0 Å². The number of rotatable bonds is 7. The summed E-state index contributed by atoms with van der Waals surface area (Å²) in [5.41, 5.74) is 2.00. The van der Waals surface area contributed by atoms with Crippen LogP contribution in [0.5, 0.6) is 11.5 Å². The molecule has 1 unspecified atom stereocenters. The predicted octanol–water partition coefficient (Wildman–Crippen LogP) is 3.60. The maximum atomic E-state index is 12.6. The zero-order chi connectivity index (χ0) is 20.8. The SMILES string of the molecule is CCNC(=NCc1ccc(OC)c(OC(F)F)c1)N1CCC(c2cnn(C)c2)C1.I. The van der Waals surface area contributed by atoms with E-state index in [4.69, 9.17) is 9.73 Å². The minimum atomic E-state index is -2.91. The van der Waals surface area contributed by atoms with E-state index in [0.717, 1.165) is 37.6 Å². The van der Waals surface area contributed by atoms with Gasteiger partial charge in [0.1, 0.15) is 0 Å². The molecule has 1 aliphatic heterocycles. The number of hydrogen-bond donors (Lipinski definition) is 1. The summed E-state index contributed by atoms with van der Waals surface area (Å²) in [5.74, 6) is 1.51. The van der Waals surface area contributed by atoms with Crippen molar-refractivity contribution in [2.45, 2.75) is 32.4 Å². The summed E-state index contributed by atoms with van der Waals surface area (Å²) < 4.78 is 36.7. The van der Waals surface area contributed by atoms with Gasteiger partial charge in [0.25, 0.3) is 0 Å². The highest BCUT2D eigenvalue weighted by Gasteiger charge is 2.26. The first-order valence-electron chi connectivity index (χ1n) is 9.63. The average molecular weight is 535 g/mol. The quantitative estimate of drug-likeness (QED) is 0.334. The molecule has 10 heteroatoms. The Morgan fingerprint density at radius 2 is 2.17 bits per heavy atom. The molecule has 30 heavy (non-hydrogen) atoms. The van der Waals surface area contributed by atoms with E-state index in [0.29, 0.717) is 12.5 Å². The number of likely N-dealkylation sites (tertiary alicyclic amines) is 1. The number of alkyl halides is 2. The molecule has 1 aliphatic rings. The standard InChI is InChI=1S/C20H27F2N5O2.HI/c1-4-23-20(27-8-7-15(13-27)16-11-25-26(2)12-16)24-10-14-5-6-17(28-3)18(9-14)29-19(21)22;/h5-6,9,11-12,15,19H,4,7-8,10,13H2,1-3H3,(H,23,24);1H. The van der Waals surface area contributed by atoms with Crippen LogP contribution < -0.4 is 14.8 Å². The van der Waals surface area contributed by atoms with E-state index in [1.807, 2.05) is 24.9 Å². The van der Waals surface area contributed by atoms with Gasteiger partial charge in [-0.05, 0) is 36.6 Å². The summed E-state index contributed by atoms with van der Waals surface area (Å²) in [7, 11) is 3.34. The van der Waals surface area contributed by atoms with Crippen LogP contribution >= 0.6 is 24.0 Å². The van der Waals surface area contributed by atoms with Gasteiger partial charge in [-0.15, -0.1) is 24.0 Å². The van der Waals surface area contributed by atoms with Crippen LogP contribution in [-0.2, 0) is 13.6 Å².